The Kier molecular flexibility index (Phi) is 6.67. The number of ether oxygens (including phenoxy) is 1. The number of anilines is 4. The van der Waals surface area contributed by atoms with Gasteiger partial charge in [0.1, 0.15) is 29.6 Å². The number of nitrogens with zero attached hydrogens (tertiary/aromatic N) is 5. The molecule has 2 aliphatic rings. The van der Waals surface area contributed by atoms with Crippen molar-refractivity contribution in [3.8, 4) is 5.75 Å². The number of benzene rings is 2. The Morgan fingerprint density at radius 1 is 1.13 bits per heavy atom. The van der Waals surface area contributed by atoms with Crippen LogP contribution in [0, 0.1) is 0 Å². The zero-order chi connectivity index (χ0) is 27.1. The summed E-state index contributed by atoms with van der Waals surface area (Å²) in [6, 6.07) is 13.0. The Hall–Kier alpha value is -4.00. The average Bonchev–Trinajstić information content (AvgIpc) is 3.31. The maximum Gasteiger partial charge on any atom is 0.332 e. The summed E-state index contributed by atoms with van der Waals surface area (Å²) in [4.78, 5) is 42.7. The molecule has 6 rings (SSSR count). The van der Waals surface area contributed by atoms with Crippen molar-refractivity contribution in [3.63, 3.8) is 0 Å². The molecule has 0 saturated carbocycles. The highest BCUT2D eigenvalue weighted by molar-refractivity contribution is 7.21. The molecule has 0 atom stereocenters. The molecule has 3 amide bonds. The van der Waals surface area contributed by atoms with Gasteiger partial charge in [-0.15, -0.1) is 11.3 Å². The number of thiophene rings is 1. The molecule has 4 aromatic rings. The molecule has 39 heavy (non-hydrogen) atoms. The van der Waals surface area contributed by atoms with E-state index in [1.54, 1.807) is 13.2 Å². The van der Waals surface area contributed by atoms with Gasteiger partial charge in [-0.3, -0.25) is 9.69 Å². The number of amides is 3. The quantitative estimate of drug-likeness (QED) is 0.362. The lowest BCUT2D eigenvalue weighted by molar-refractivity contribution is 0.103. The molecule has 2 N–H and O–H groups in total. The van der Waals surface area contributed by atoms with E-state index in [4.69, 9.17) is 4.74 Å². The van der Waals surface area contributed by atoms with Gasteiger partial charge in [-0.1, -0.05) is 18.2 Å². The maximum atomic E-state index is 13.4. The molecule has 10 nitrogen and oxygen atoms in total. The normalized spacial score (nSPS) is 15.8. The molecule has 2 aliphatic heterocycles. The van der Waals surface area contributed by atoms with E-state index in [1.807, 2.05) is 44.2 Å². The molecule has 198 valence electrons. The van der Waals surface area contributed by atoms with E-state index < -0.39 is 6.03 Å². The van der Waals surface area contributed by atoms with Gasteiger partial charge in [0.2, 0.25) is 0 Å². The van der Waals surface area contributed by atoms with Crippen LogP contribution in [0.3, 0.4) is 0 Å². The van der Waals surface area contributed by atoms with E-state index in [-0.39, 0.29) is 5.91 Å². The van der Waals surface area contributed by atoms with Gasteiger partial charge in [0.15, 0.2) is 5.82 Å². The summed E-state index contributed by atoms with van der Waals surface area (Å²) in [5.74, 6) is 0.779. The number of piperazine rings is 1. The largest absolute Gasteiger partial charge is 0.497 e. The lowest BCUT2D eigenvalue weighted by Gasteiger charge is -2.32. The molecule has 0 bridgehead atoms. The monoisotopic (exact) mass is 541 g/mol. The van der Waals surface area contributed by atoms with E-state index in [0.717, 1.165) is 38.2 Å². The molecule has 0 unspecified atom stereocenters. The van der Waals surface area contributed by atoms with Gasteiger partial charge in [-0.2, -0.15) is 0 Å². The van der Waals surface area contributed by atoms with Crippen LogP contribution in [0.4, 0.5) is 27.7 Å². The second kappa shape index (κ2) is 10.3. The number of hydrogen-bond acceptors (Lipinski definition) is 8. The van der Waals surface area contributed by atoms with Gasteiger partial charge in [-0.25, -0.2) is 19.7 Å². The van der Waals surface area contributed by atoms with Crippen LogP contribution in [0.15, 0.2) is 48.8 Å². The summed E-state index contributed by atoms with van der Waals surface area (Å²) < 4.78 is 5.45. The molecule has 12 heteroatoms. The standard InChI is InChI=1S/C27H28BN7O3S/c1-33-9-11-34(12-10-33)14-16-3-5-17(6-4-16)31-25(36)23-22-21-24(29-15-30-26(21)39-23)35(27(37)32-22)18-7-8-19(28)20(13-18)38-2/h3-8,13,15H,9-12,14,28H2,1-2H3,(H,31,36)(H,32,37). The van der Waals surface area contributed by atoms with E-state index in [1.165, 1.54) is 28.1 Å². The van der Waals surface area contributed by atoms with Gasteiger partial charge in [-0.05, 0) is 36.3 Å². The van der Waals surface area contributed by atoms with Crippen molar-refractivity contribution in [2.24, 2.45) is 0 Å². The fraction of sp³-hybridized carbons (Fsp3) is 0.259. The molecular weight excluding hydrogens is 513 g/mol. The highest BCUT2D eigenvalue weighted by Gasteiger charge is 2.34. The van der Waals surface area contributed by atoms with Crippen molar-refractivity contribution in [1.29, 1.82) is 0 Å². The van der Waals surface area contributed by atoms with Crippen molar-refractivity contribution in [2.45, 2.75) is 6.54 Å². The van der Waals surface area contributed by atoms with Crippen LogP contribution in [0.5, 0.6) is 5.75 Å². The summed E-state index contributed by atoms with van der Waals surface area (Å²) in [6.07, 6.45) is 1.41. The summed E-state index contributed by atoms with van der Waals surface area (Å²) in [5.41, 5.74) is 3.88. The molecule has 0 radical (unpaired) electrons. The zero-order valence-electron chi connectivity index (χ0n) is 22.0. The fourth-order valence-corrected chi connectivity index (χ4v) is 5.95. The molecule has 4 heterocycles. The van der Waals surface area contributed by atoms with Gasteiger partial charge < -0.3 is 20.3 Å². The van der Waals surface area contributed by atoms with Crippen LogP contribution in [0.25, 0.3) is 10.2 Å². The Bertz CT molecular complexity index is 1570. The molecular formula is C27H28BN7O3S. The van der Waals surface area contributed by atoms with Crippen molar-refractivity contribution in [1.82, 2.24) is 19.8 Å². The third-order valence-corrected chi connectivity index (χ3v) is 8.28. The van der Waals surface area contributed by atoms with Gasteiger partial charge >= 0.3 is 6.03 Å². The first kappa shape index (κ1) is 25.3. The van der Waals surface area contributed by atoms with Crippen LogP contribution in [-0.2, 0) is 6.54 Å². The molecule has 0 aliphatic carbocycles. The Morgan fingerprint density at radius 3 is 2.64 bits per heavy atom. The minimum absolute atomic E-state index is 0.309. The predicted molar refractivity (Wildman–Crippen MR) is 157 cm³/mol. The number of carbonyl (C=O) groups excluding carboxylic acids is 2. The van der Waals surface area contributed by atoms with Crippen molar-refractivity contribution in [2.75, 3.05) is 55.9 Å². The molecule has 1 saturated heterocycles. The van der Waals surface area contributed by atoms with Crippen LogP contribution in [0.1, 0.15) is 15.2 Å². The summed E-state index contributed by atoms with van der Waals surface area (Å²) in [5, 5.41) is 6.51. The second-order valence-electron chi connectivity index (χ2n) is 9.83. The Balaban J connectivity index is 1.25. The van der Waals surface area contributed by atoms with E-state index >= 15 is 0 Å². The van der Waals surface area contributed by atoms with Crippen LogP contribution < -0.4 is 25.7 Å². The van der Waals surface area contributed by atoms with Crippen LogP contribution in [0.2, 0.25) is 0 Å². The first-order valence-electron chi connectivity index (χ1n) is 12.8. The number of nitrogens with one attached hydrogen (secondary N) is 2. The smallest absolute Gasteiger partial charge is 0.332 e. The number of rotatable bonds is 6. The van der Waals surface area contributed by atoms with Crippen molar-refractivity contribution in [3.05, 3.63) is 59.2 Å². The number of aromatic nitrogens is 2. The second-order valence-corrected chi connectivity index (χ2v) is 10.8. The Morgan fingerprint density at radius 2 is 1.90 bits per heavy atom. The maximum absolute atomic E-state index is 13.4. The van der Waals surface area contributed by atoms with Gasteiger partial charge in [0, 0.05) is 44.5 Å². The van der Waals surface area contributed by atoms with Crippen molar-refractivity contribution < 1.29 is 14.3 Å². The SMILES string of the molecule is Bc1ccc(N2C(=O)Nc3c(C(=O)Nc4ccc(CN5CCN(C)CC5)cc4)sc4ncnc2c34)cc1OC. The highest BCUT2D eigenvalue weighted by atomic mass is 32.1. The average molecular weight is 541 g/mol. The van der Waals surface area contributed by atoms with Crippen LogP contribution in [-0.4, -0.2) is 79.9 Å². The lowest BCUT2D eigenvalue weighted by Crippen LogP contribution is -2.43. The minimum Gasteiger partial charge on any atom is -0.497 e. The van der Waals surface area contributed by atoms with Gasteiger partial charge in [0.05, 0.1) is 23.9 Å². The molecule has 1 fully saturated rings. The Labute approximate surface area is 231 Å². The van der Waals surface area contributed by atoms with E-state index in [2.05, 4.69) is 37.4 Å². The summed E-state index contributed by atoms with van der Waals surface area (Å²) in [6.45, 7) is 5.14. The third-order valence-electron chi connectivity index (χ3n) is 7.19. The molecule has 2 aromatic carbocycles. The molecule has 2 aromatic heterocycles. The summed E-state index contributed by atoms with van der Waals surface area (Å²) in [7, 11) is 5.68. The number of methoxy groups -OCH3 is 1. The third kappa shape index (κ3) is 4.82. The number of urea groups is 1. The van der Waals surface area contributed by atoms with E-state index in [9.17, 15) is 9.59 Å². The van der Waals surface area contributed by atoms with E-state index in [0.29, 0.717) is 43.7 Å². The minimum atomic E-state index is -0.408. The predicted octanol–water partition coefficient (Wildman–Crippen LogP) is 2.64. The van der Waals surface area contributed by atoms with Crippen molar-refractivity contribution >= 4 is 69.7 Å². The first-order chi connectivity index (χ1) is 18.9. The number of hydrogen-bond donors (Lipinski definition) is 2. The number of likely N-dealkylation sites (N-methyl/N-ethyl adjacent to an activating group) is 1. The number of carbonyl (C=O) groups is 2. The molecule has 0 spiro atoms. The fourth-order valence-electron chi connectivity index (χ4n) is 4.96. The highest BCUT2D eigenvalue weighted by Crippen LogP contribution is 2.45. The lowest BCUT2D eigenvalue weighted by atomic mass is 9.94. The van der Waals surface area contributed by atoms with Crippen LogP contribution >= 0.6 is 11.3 Å². The topological polar surface area (TPSA) is 103 Å². The summed E-state index contributed by atoms with van der Waals surface area (Å²) >= 11 is 1.23. The van der Waals surface area contributed by atoms with Gasteiger partial charge in [0.25, 0.3) is 5.91 Å². The zero-order valence-corrected chi connectivity index (χ0v) is 22.8. The first-order valence-corrected chi connectivity index (χ1v) is 13.6.